The maximum absolute atomic E-state index is 11.2. The fourth-order valence-corrected chi connectivity index (χ4v) is 1.08. The molecule has 0 radical (unpaired) electrons. The van der Waals surface area contributed by atoms with E-state index in [1.807, 2.05) is 12.2 Å². The number of rotatable bonds is 4. The van der Waals surface area contributed by atoms with Gasteiger partial charge in [0.05, 0.1) is 18.4 Å². The molecule has 0 aliphatic carbocycles. The lowest BCUT2D eigenvalue weighted by molar-refractivity contribution is 0.0600. The van der Waals surface area contributed by atoms with Crippen LogP contribution in [0.5, 0.6) is 0 Å². The SMILES string of the molecule is COC(=O)c1ccnc(C=CCCN)c1. The molecule has 0 unspecified atom stereocenters. The Morgan fingerprint density at radius 1 is 1.67 bits per heavy atom. The van der Waals surface area contributed by atoms with Crippen molar-refractivity contribution in [2.75, 3.05) is 13.7 Å². The molecule has 15 heavy (non-hydrogen) atoms. The quantitative estimate of drug-likeness (QED) is 0.752. The number of carbonyl (C=O) groups excluding carboxylic acids is 1. The third kappa shape index (κ3) is 3.52. The van der Waals surface area contributed by atoms with Gasteiger partial charge in [0.15, 0.2) is 0 Å². The van der Waals surface area contributed by atoms with Gasteiger partial charge in [-0.3, -0.25) is 4.98 Å². The van der Waals surface area contributed by atoms with Gasteiger partial charge in [-0.15, -0.1) is 0 Å². The average Bonchev–Trinajstić information content (AvgIpc) is 2.29. The molecule has 0 aliphatic rings. The Labute approximate surface area is 88.8 Å². The minimum Gasteiger partial charge on any atom is -0.465 e. The number of methoxy groups -OCH3 is 1. The van der Waals surface area contributed by atoms with E-state index in [0.29, 0.717) is 12.1 Å². The van der Waals surface area contributed by atoms with Crippen molar-refractivity contribution in [2.45, 2.75) is 6.42 Å². The van der Waals surface area contributed by atoms with E-state index in [-0.39, 0.29) is 5.97 Å². The highest BCUT2D eigenvalue weighted by atomic mass is 16.5. The van der Waals surface area contributed by atoms with Crippen LogP contribution in [-0.2, 0) is 4.74 Å². The second-order valence-electron chi connectivity index (χ2n) is 2.94. The van der Waals surface area contributed by atoms with Crippen molar-refractivity contribution in [3.8, 4) is 0 Å². The Kier molecular flexibility index (Phi) is 4.50. The third-order valence-corrected chi connectivity index (χ3v) is 1.82. The van der Waals surface area contributed by atoms with Gasteiger partial charge < -0.3 is 10.5 Å². The molecule has 4 heteroatoms. The minimum absolute atomic E-state index is 0.356. The molecule has 2 N–H and O–H groups in total. The predicted octanol–water partition coefficient (Wildman–Crippen LogP) is 1.23. The monoisotopic (exact) mass is 206 g/mol. The standard InChI is InChI=1S/C11H14N2O2/c1-15-11(14)9-5-7-13-10(8-9)4-2-3-6-12/h2,4-5,7-8H,3,6,12H2,1H3. The number of hydrogen-bond acceptors (Lipinski definition) is 4. The van der Waals surface area contributed by atoms with Crippen LogP contribution in [0.4, 0.5) is 0 Å². The van der Waals surface area contributed by atoms with E-state index in [9.17, 15) is 4.79 Å². The number of pyridine rings is 1. The van der Waals surface area contributed by atoms with E-state index in [2.05, 4.69) is 9.72 Å². The Bertz CT molecular complexity index is 361. The summed E-state index contributed by atoms with van der Waals surface area (Å²) in [6.07, 6.45) is 6.13. The zero-order valence-corrected chi connectivity index (χ0v) is 8.64. The molecule has 0 fully saturated rings. The first kappa shape index (κ1) is 11.4. The van der Waals surface area contributed by atoms with Gasteiger partial charge in [-0.25, -0.2) is 4.79 Å². The highest BCUT2D eigenvalue weighted by Gasteiger charge is 2.04. The highest BCUT2D eigenvalue weighted by Crippen LogP contribution is 2.05. The summed E-state index contributed by atoms with van der Waals surface area (Å²) < 4.78 is 4.61. The van der Waals surface area contributed by atoms with Crippen LogP contribution < -0.4 is 5.73 Å². The van der Waals surface area contributed by atoms with E-state index in [0.717, 1.165) is 12.1 Å². The van der Waals surface area contributed by atoms with Crippen LogP contribution in [-0.4, -0.2) is 24.6 Å². The van der Waals surface area contributed by atoms with Crippen molar-refractivity contribution in [1.82, 2.24) is 4.98 Å². The van der Waals surface area contributed by atoms with Crippen LogP contribution in [0.15, 0.2) is 24.4 Å². The highest BCUT2D eigenvalue weighted by molar-refractivity contribution is 5.89. The first-order valence-electron chi connectivity index (χ1n) is 4.69. The number of esters is 1. The van der Waals surface area contributed by atoms with Gasteiger partial charge in [0.1, 0.15) is 0 Å². The van der Waals surface area contributed by atoms with Crippen molar-refractivity contribution in [3.05, 3.63) is 35.7 Å². The molecule has 0 spiro atoms. The van der Waals surface area contributed by atoms with Crippen molar-refractivity contribution < 1.29 is 9.53 Å². The summed E-state index contributed by atoms with van der Waals surface area (Å²) in [5.41, 5.74) is 6.57. The molecular formula is C11H14N2O2. The molecule has 0 saturated heterocycles. The van der Waals surface area contributed by atoms with Crippen molar-refractivity contribution in [1.29, 1.82) is 0 Å². The Hall–Kier alpha value is -1.68. The molecule has 1 aromatic rings. The maximum atomic E-state index is 11.2. The number of aromatic nitrogens is 1. The maximum Gasteiger partial charge on any atom is 0.337 e. The number of carbonyl (C=O) groups is 1. The molecule has 0 amide bonds. The van der Waals surface area contributed by atoms with Crippen LogP contribution in [0.25, 0.3) is 6.08 Å². The fraction of sp³-hybridized carbons (Fsp3) is 0.273. The molecule has 0 atom stereocenters. The van der Waals surface area contributed by atoms with Gasteiger partial charge in [0, 0.05) is 6.20 Å². The molecule has 0 saturated carbocycles. The van der Waals surface area contributed by atoms with E-state index < -0.39 is 0 Å². The van der Waals surface area contributed by atoms with Crippen LogP contribution in [0.2, 0.25) is 0 Å². The number of nitrogens with zero attached hydrogens (tertiary/aromatic N) is 1. The smallest absolute Gasteiger partial charge is 0.337 e. The van der Waals surface area contributed by atoms with Gasteiger partial charge >= 0.3 is 5.97 Å². The Morgan fingerprint density at radius 2 is 2.47 bits per heavy atom. The van der Waals surface area contributed by atoms with Crippen molar-refractivity contribution in [2.24, 2.45) is 5.73 Å². The van der Waals surface area contributed by atoms with Gasteiger partial charge in [0.2, 0.25) is 0 Å². The number of hydrogen-bond donors (Lipinski definition) is 1. The summed E-state index contributed by atoms with van der Waals surface area (Å²) in [5.74, 6) is -0.356. The molecule has 1 heterocycles. The molecule has 0 aromatic carbocycles. The lowest BCUT2D eigenvalue weighted by atomic mass is 10.2. The van der Waals surface area contributed by atoms with Crippen LogP contribution in [0, 0.1) is 0 Å². The molecule has 1 aromatic heterocycles. The van der Waals surface area contributed by atoms with Gasteiger partial charge in [-0.05, 0) is 31.2 Å². The van der Waals surface area contributed by atoms with E-state index >= 15 is 0 Å². The Balaban J connectivity index is 2.78. The molecule has 1 rings (SSSR count). The summed E-state index contributed by atoms with van der Waals surface area (Å²) in [6, 6.07) is 3.30. The first-order valence-corrected chi connectivity index (χ1v) is 4.69. The summed E-state index contributed by atoms with van der Waals surface area (Å²) >= 11 is 0. The normalized spacial score (nSPS) is 10.5. The van der Waals surface area contributed by atoms with Crippen LogP contribution >= 0.6 is 0 Å². The second-order valence-corrected chi connectivity index (χ2v) is 2.94. The summed E-state index contributed by atoms with van der Waals surface area (Å²) in [5, 5.41) is 0. The number of nitrogens with two attached hydrogens (primary N) is 1. The largest absolute Gasteiger partial charge is 0.465 e. The summed E-state index contributed by atoms with van der Waals surface area (Å²) in [7, 11) is 1.35. The van der Waals surface area contributed by atoms with Crippen LogP contribution in [0.1, 0.15) is 22.5 Å². The third-order valence-electron chi connectivity index (χ3n) is 1.82. The number of ether oxygens (including phenoxy) is 1. The average molecular weight is 206 g/mol. The molecule has 80 valence electrons. The first-order chi connectivity index (χ1) is 7.27. The van der Waals surface area contributed by atoms with Crippen molar-refractivity contribution >= 4 is 12.0 Å². The minimum atomic E-state index is -0.356. The molecule has 0 bridgehead atoms. The molecule has 4 nitrogen and oxygen atoms in total. The summed E-state index contributed by atoms with van der Waals surface area (Å²) in [4.78, 5) is 15.3. The second kappa shape index (κ2) is 5.93. The van der Waals surface area contributed by atoms with Gasteiger partial charge in [-0.2, -0.15) is 0 Å². The van der Waals surface area contributed by atoms with Crippen LogP contribution in [0.3, 0.4) is 0 Å². The van der Waals surface area contributed by atoms with Gasteiger partial charge in [-0.1, -0.05) is 6.08 Å². The molecular weight excluding hydrogens is 192 g/mol. The van der Waals surface area contributed by atoms with Crippen molar-refractivity contribution in [3.63, 3.8) is 0 Å². The Morgan fingerprint density at radius 3 is 3.13 bits per heavy atom. The fourth-order valence-electron chi connectivity index (χ4n) is 1.08. The molecule has 0 aliphatic heterocycles. The van der Waals surface area contributed by atoms with Gasteiger partial charge in [0.25, 0.3) is 0 Å². The predicted molar refractivity (Wildman–Crippen MR) is 58.3 cm³/mol. The topological polar surface area (TPSA) is 65.2 Å². The van der Waals surface area contributed by atoms with E-state index in [1.165, 1.54) is 7.11 Å². The zero-order chi connectivity index (χ0) is 11.1. The lowest BCUT2D eigenvalue weighted by Crippen LogP contribution is -2.01. The van der Waals surface area contributed by atoms with E-state index in [1.54, 1.807) is 18.3 Å². The lowest BCUT2D eigenvalue weighted by Gasteiger charge is -1.99. The van der Waals surface area contributed by atoms with E-state index in [4.69, 9.17) is 5.73 Å². The zero-order valence-electron chi connectivity index (χ0n) is 8.64. The summed E-state index contributed by atoms with van der Waals surface area (Å²) in [6.45, 7) is 0.604.